The zero-order chi connectivity index (χ0) is 13.0. The van der Waals surface area contributed by atoms with Gasteiger partial charge in [0.15, 0.2) is 0 Å². The smallest absolute Gasteiger partial charge is 0.115 e. The molecule has 1 aromatic carbocycles. The van der Waals surface area contributed by atoms with Gasteiger partial charge >= 0.3 is 0 Å². The van der Waals surface area contributed by atoms with Crippen LogP contribution in [0.4, 0.5) is 0 Å². The van der Waals surface area contributed by atoms with Gasteiger partial charge in [-0.05, 0) is 24.1 Å². The maximum Gasteiger partial charge on any atom is 0.115 e. The molecule has 94 valence electrons. The standard InChI is InChI=1S/C12H12Cl2N4/c13-10-2-1-3-11(14)9(10)4-12(18-15)8-5-16-7-17-6-8/h1-3,5-7,12,18H,4,15H2. The highest BCUT2D eigenvalue weighted by Crippen LogP contribution is 2.28. The normalized spacial score (nSPS) is 12.4. The van der Waals surface area contributed by atoms with E-state index in [2.05, 4.69) is 15.4 Å². The monoisotopic (exact) mass is 282 g/mol. The summed E-state index contributed by atoms with van der Waals surface area (Å²) < 4.78 is 0. The Morgan fingerprint density at radius 1 is 1.17 bits per heavy atom. The molecule has 1 unspecified atom stereocenters. The molecule has 0 aliphatic rings. The third kappa shape index (κ3) is 2.97. The molecule has 0 radical (unpaired) electrons. The summed E-state index contributed by atoms with van der Waals surface area (Å²) in [4.78, 5) is 7.93. The van der Waals surface area contributed by atoms with Crippen LogP contribution in [-0.4, -0.2) is 9.97 Å². The van der Waals surface area contributed by atoms with Crippen LogP contribution in [0.2, 0.25) is 10.0 Å². The molecule has 4 nitrogen and oxygen atoms in total. The fourth-order valence-electron chi connectivity index (χ4n) is 1.70. The maximum atomic E-state index is 6.13. The van der Waals surface area contributed by atoms with Gasteiger partial charge in [-0.1, -0.05) is 29.3 Å². The molecule has 0 amide bonds. The van der Waals surface area contributed by atoms with Gasteiger partial charge in [-0.15, -0.1) is 0 Å². The van der Waals surface area contributed by atoms with E-state index in [1.54, 1.807) is 24.5 Å². The van der Waals surface area contributed by atoms with Gasteiger partial charge in [0.05, 0.1) is 6.04 Å². The van der Waals surface area contributed by atoms with Crippen molar-refractivity contribution < 1.29 is 0 Å². The Kier molecular flexibility index (Phi) is 4.49. The average molecular weight is 283 g/mol. The van der Waals surface area contributed by atoms with Crippen LogP contribution in [0.1, 0.15) is 17.2 Å². The van der Waals surface area contributed by atoms with Gasteiger partial charge in [0.2, 0.25) is 0 Å². The molecule has 0 fully saturated rings. The van der Waals surface area contributed by atoms with E-state index in [0.717, 1.165) is 11.1 Å². The molecule has 1 aromatic heterocycles. The van der Waals surface area contributed by atoms with Crippen LogP contribution in [-0.2, 0) is 6.42 Å². The van der Waals surface area contributed by atoms with Crippen molar-refractivity contribution in [3.8, 4) is 0 Å². The third-order valence-corrected chi connectivity index (χ3v) is 3.36. The molecule has 18 heavy (non-hydrogen) atoms. The van der Waals surface area contributed by atoms with Crippen LogP contribution in [0.15, 0.2) is 36.9 Å². The van der Waals surface area contributed by atoms with Crippen LogP contribution in [0, 0.1) is 0 Å². The number of halogens is 2. The van der Waals surface area contributed by atoms with Crippen molar-refractivity contribution in [3.05, 3.63) is 58.1 Å². The van der Waals surface area contributed by atoms with E-state index in [1.165, 1.54) is 6.33 Å². The fraction of sp³-hybridized carbons (Fsp3) is 0.167. The summed E-state index contributed by atoms with van der Waals surface area (Å²) in [6.45, 7) is 0. The summed E-state index contributed by atoms with van der Waals surface area (Å²) in [5.74, 6) is 5.56. The van der Waals surface area contributed by atoms with Crippen LogP contribution in [0.25, 0.3) is 0 Å². The van der Waals surface area contributed by atoms with Gasteiger partial charge in [-0.2, -0.15) is 0 Å². The summed E-state index contributed by atoms with van der Waals surface area (Å²) in [6, 6.07) is 5.28. The molecule has 2 rings (SSSR count). The van der Waals surface area contributed by atoms with E-state index in [4.69, 9.17) is 29.0 Å². The maximum absolute atomic E-state index is 6.13. The second-order valence-corrected chi connectivity index (χ2v) is 4.61. The van der Waals surface area contributed by atoms with Crippen LogP contribution < -0.4 is 11.3 Å². The lowest BCUT2D eigenvalue weighted by molar-refractivity contribution is 0.548. The van der Waals surface area contributed by atoms with E-state index < -0.39 is 0 Å². The van der Waals surface area contributed by atoms with Crippen molar-refractivity contribution in [2.24, 2.45) is 5.84 Å². The minimum atomic E-state index is -0.136. The van der Waals surface area contributed by atoms with Gasteiger partial charge in [0, 0.05) is 28.0 Å². The van der Waals surface area contributed by atoms with Crippen molar-refractivity contribution in [2.75, 3.05) is 0 Å². The SMILES string of the molecule is NNC(Cc1c(Cl)cccc1Cl)c1cncnc1. The van der Waals surface area contributed by atoms with E-state index in [0.29, 0.717) is 16.5 Å². The van der Waals surface area contributed by atoms with Crippen molar-refractivity contribution in [3.63, 3.8) is 0 Å². The van der Waals surface area contributed by atoms with E-state index in [1.807, 2.05) is 6.07 Å². The number of nitrogens with two attached hydrogens (primary N) is 1. The minimum absolute atomic E-state index is 0.136. The van der Waals surface area contributed by atoms with Crippen molar-refractivity contribution in [2.45, 2.75) is 12.5 Å². The predicted molar refractivity (Wildman–Crippen MR) is 72.3 cm³/mol. The number of rotatable bonds is 4. The lowest BCUT2D eigenvalue weighted by Crippen LogP contribution is -2.29. The minimum Gasteiger partial charge on any atom is -0.271 e. The number of benzene rings is 1. The first kappa shape index (κ1) is 13.2. The third-order valence-electron chi connectivity index (χ3n) is 2.65. The molecule has 6 heteroatoms. The Hall–Kier alpha value is -1.20. The molecule has 1 heterocycles. The number of aromatic nitrogens is 2. The molecular formula is C12H12Cl2N4. The number of hydrogen-bond donors (Lipinski definition) is 2. The zero-order valence-electron chi connectivity index (χ0n) is 9.48. The second kappa shape index (κ2) is 6.11. The molecule has 1 atom stereocenters. The Labute approximate surface area is 115 Å². The quantitative estimate of drug-likeness (QED) is 0.668. The molecular weight excluding hydrogens is 271 g/mol. The predicted octanol–water partition coefficient (Wildman–Crippen LogP) is 2.53. The highest BCUT2D eigenvalue weighted by atomic mass is 35.5. The highest BCUT2D eigenvalue weighted by molar-refractivity contribution is 6.36. The molecule has 0 saturated heterocycles. The largest absolute Gasteiger partial charge is 0.271 e. The molecule has 0 aliphatic carbocycles. The first-order valence-electron chi connectivity index (χ1n) is 5.36. The number of nitrogens with one attached hydrogen (secondary N) is 1. The molecule has 0 aliphatic heterocycles. The van der Waals surface area contributed by atoms with Gasteiger partial charge < -0.3 is 0 Å². The van der Waals surface area contributed by atoms with E-state index in [9.17, 15) is 0 Å². The molecule has 0 saturated carbocycles. The lowest BCUT2D eigenvalue weighted by atomic mass is 10.0. The van der Waals surface area contributed by atoms with Gasteiger partial charge in [-0.25, -0.2) is 9.97 Å². The molecule has 0 spiro atoms. The van der Waals surface area contributed by atoms with Gasteiger partial charge in [0.1, 0.15) is 6.33 Å². The summed E-state index contributed by atoms with van der Waals surface area (Å²) in [7, 11) is 0. The second-order valence-electron chi connectivity index (χ2n) is 3.80. The van der Waals surface area contributed by atoms with Crippen LogP contribution in [0.3, 0.4) is 0 Å². The van der Waals surface area contributed by atoms with E-state index in [-0.39, 0.29) is 6.04 Å². The molecule has 3 N–H and O–H groups in total. The van der Waals surface area contributed by atoms with Crippen LogP contribution >= 0.6 is 23.2 Å². The number of nitrogens with zero attached hydrogens (tertiary/aromatic N) is 2. The highest BCUT2D eigenvalue weighted by Gasteiger charge is 2.15. The Balaban J connectivity index is 2.26. The fourth-order valence-corrected chi connectivity index (χ4v) is 2.25. The van der Waals surface area contributed by atoms with Crippen molar-refractivity contribution in [1.82, 2.24) is 15.4 Å². The summed E-state index contributed by atoms with van der Waals surface area (Å²) in [5.41, 5.74) is 4.46. The first-order valence-corrected chi connectivity index (χ1v) is 6.12. The first-order chi connectivity index (χ1) is 8.72. The average Bonchev–Trinajstić information content (AvgIpc) is 2.40. The molecule has 2 aromatic rings. The zero-order valence-corrected chi connectivity index (χ0v) is 11.0. The van der Waals surface area contributed by atoms with E-state index >= 15 is 0 Å². The summed E-state index contributed by atoms with van der Waals surface area (Å²) in [6.07, 6.45) is 5.46. The summed E-state index contributed by atoms with van der Waals surface area (Å²) in [5, 5.41) is 1.25. The lowest BCUT2D eigenvalue weighted by Gasteiger charge is -2.17. The van der Waals surface area contributed by atoms with Crippen molar-refractivity contribution in [1.29, 1.82) is 0 Å². The topological polar surface area (TPSA) is 63.8 Å². The van der Waals surface area contributed by atoms with Gasteiger partial charge in [-0.3, -0.25) is 11.3 Å². The van der Waals surface area contributed by atoms with Crippen LogP contribution in [0.5, 0.6) is 0 Å². The summed E-state index contributed by atoms with van der Waals surface area (Å²) >= 11 is 12.3. The Morgan fingerprint density at radius 3 is 2.33 bits per heavy atom. The van der Waals surface area contributed by atoms with Crippen molar-refractivity contribution >= 4 is 23.2 Å². The van der Waals surface area contributed by atoms with Gasteiger partial charge in [0.25, 0.3) is 0 Å². The number of hydrazine groups is 1. The Morgan fingerprint density at radius 2 is 1.78 bits per heavy atom. The molecule has 0 bridgehead atoms. The number of hydrogen-bond acceptors (Lipinski definition) is 4. The Bertz CT molecular complexity index is 498.